The van der Waals surface area contributed by atoms with Gasteiger partial charge in [-0.3, -0.25) is 9.88 Å². The molecule has 1 amide bonds. The number of carbonyl (C=O) groups excluding carboxylic acids is 1. The second-order valence-corrected chi connectivity index (χ2v) is 8.38. The highest BCUT2D eigenvalue weighted by atomic mass is 16.6. The van der Waals surface area contributed by atoms with Crippen molar-refractivity contribution in [3.63, 3.8) is 0 Å². The number of amides is 1. The monoisotopic (exact) mass is 368 g/mol. The van der Waals surface area contributed by atoms with E-state index >= 15 is 0 Å². The van der Waals surface area contributed by atoms with Crippen LogP contribution in [0.3, 0.4) is 0 Å². The molecule has 2 aromatic rings. The number of nitrogens with zero attached hydrogens (tertiary/aromatic N) is 2. The van der Waals surface area contributed by atoms with Gasteiger partial charge in [0.15, 0.2) is 0 Å². The zero-order valence-electron chi connectivity index (χ0n) is 17.0. The summed E-state index contributed by atoms with van der Waals surface area (Å²) in [4.78, 5) is 18.5. The van der Waals surface area contributed by atoms with Crippen LogP contribution in [0.1, 0.15) is 47.1 Å². The number of terminal acetylenes is 1. The molecular weight excluding hydrogens is 340 g/mol. The summed E-state index contributed by atoms with van der Waals surface area (Å²) < 4.78 is 11.5. The summed E-state index contributed by atoms with van der Waals surface area (Å²) >= 11 is 0. The maximum atomic E-state index is 12.5. The molecule has 144 valence electrons. The molecule has 1 aromatic carbocycles. The quantitative estimate of drug-likeness (QED) is 0.729. The number of ether oxygens (including phenoxy) is 2. The minimum atomic E-state index is -0.585. The number of fused-ring (bicyclic) bond motifs is 1. The van der Waals surface area contributed by atoms with Crippen LogP contribution < -0.4 is 4.74 Å². The Morgan fingerprint density at radius 3 is 2.44 bits per heavy atom. The third-order valence-electron chi connectivity index (χ3n) is 3.53. The molecule has 0 aliphatic heterocycles. The molecule has 0 atom stereocenters. The van der Waals surface area contributed by atoms with Crippen LogP contribution in [0.15, 0.2) is 30.5 Å². The van der Waals surface area contributed by atoms with Gasteiger partial charge in [0, 0.05) is 11.6 Å². The van der Waals surface area contributed by atoms with Gasteiger partial charge in [-0.15, -0.1) is 6.42 Å². The summed E-state index contributed by atoms with van der Waals surface area (Å²) in [7, 11) is 0. The van der Waals surface area contributed by atoms with E-state index in [1.54, 1.807) is 6.20 Å². The van der Waals surface area contributed by atoms with Gasteiger partial charge in [0.05, 0.1) is 13.1 Å². The highest BCUT2D eigenvalue weighted by molar-refractivity contribution is 5.87. The van der Waals surface area contributed by atoms with Crippen molar-refractivity contribution in [2.24, 2.45) is 0 Å². The van der Waals surface area contributed by atoms with Crippen LogP contribution in [0.25, 0.3) is 10.9 Å². The predicted octanol–water partition coefficient (Wildman–Crippen LogP) is 4.78. The minimum absolute atomic E-state index is 0.164. The molecule has 0 bridgehead atoms. The molecule has 0 aliphatic rings. The Morgan fingerprint density at radius 1 is 1.15 bits per heavy atom. The Bertz CT molecular complexity index is 854. The summed E-state index contributed by atoms with van der Waals surface area (Å²) in [5, 5.41) is 0.921. The van der Waals surface area contributed by atoms with E-state index in [1.165, 1.54) is 4.90 Å². The van der Waals surface area contributed by atoms with E-state index in [2.05, 4.69) is 10.9 Å². The van der Waals surface area contributed by atoms with E-state index < -0.39 is 11.7 Å². The number of aromatic nitrogens is 1. The molecule has 5 heteroatoms. The molecule has 0 saturated carbocycles. The maximum Gasteiger partial charge on any atom is 0.411 e. The van der Waals surface area contributed by atoms with Crippen molar-refractivity contribution in [2.45, 2.75) is 59.3 Å². The maximum absolute atomic E-state index is 12.5. The first-order valence-corrected chi connectivity index (χ1v) is 8.97. The minimum Gasteiger partial charge on any atom is -0.486 e. The van der Waals surface area contributed by atoms with Crippen LogP contribution in [0.4, 0.5) is 4.79 Å². The third kappa shape index (κ3) is 5.89. The van der Waals surface area contributed by atoms with Gasteiger partial charge >= 0.3 is 6.09 Å². The highest BCUT2D eigenvalue weighted by Gasteiger charge is 2.23. The number of rotatable bonds is 4. The molecule has 2 rings (SSSR count). The number of benzene rings is 1. The van der Waals surface area contributed by atoms with Crippen molar-refractivity contribution in [2.75, 3.05) is 6.54 Å². The van der Waals surface area contributed by atoms with Gasteiger partial charge in [-0.2, -0.15) is 0 Å². The van der Waals surface area contributed by atoms with E-state index in [4.69, 9.17) is 15.9 Å². The van der Waals surface area contributed by atoms with Gasteiger partial charge in [-0.25, -0.2) is 4.79 Å². The SMILES string of the molecule is C#CCN(Cc1ccc(OC(C)(C)C)c2ncccc12)C(=O)OC(C)(C)C. The smallest absolute Gasteiger partial charge is 0.411 e. The summed E-state index contributed by atoms with van der Waals surface area (Å²) in [5.74, 6) is 3.24. The average molecular weight is 368 g/mol. The summed E-state index contributed by atoms with van der Waals surface area (Å²) in [6.07, 6.45) is 6.75. The number of carbonyl (C=O) groups is 1. The second-order valence-electron chi connectivity index (χ2n) is 8.38. The molecule has 1 aromatic heterocycles. The van der Waals surface area contributed by atoms with Crippen LogP contribution in [0, 0.1) is 12.3 Å². The lowest BCUT2D eigenvalue weighted by Gasteiger charge is -2.27. The van der Waals surface area contributed by atoms with Gasteiger partial charge in [0.1, 0.15) is 22.5 Å². The van der Waals surface area contributed by atoms with E-state index in [1.807, 2.05) is 65.8 Å². The Labute approximate surface area is 161 Å². The van der Waals surface area contributed by atoms with E-state index in [-0.39, 0.29) is 12.1 Å². The lowest BCUT2D eigenvalue weighted by molar-refractivity contribution is 0.0261. The number of hydrogen-bond acceptors (Lipinski definition) is 4. The molecule has 0 aliphatic carbocycles. The van der Waals surface area contributed by atoms with Crippen molar-refractivity contribution in [3.8, 4) is 18.1 Å². The van der Waals surface area contributed by atoms with Crippen LogP contribution in [0.5, 0.6) is 5.75 Å². The molecule has 0 fully saturated rings. The molecule has 0 N–H and O–H groups in total. The van der Waals surface area contributed by atoms with Gasteiger partial charge in [-0.1, -0.05) is 18.1 Å². The summed E-state index contributed by atoms with van der Waals surface area (Å²) in [5.41, 5.74) is 0.769. The second kappa shape index (κ2) is 7.87. The topological polar surface area (TPSA) is 51.7 Å². The standard InChI is InChI=1S/C22H28N2O3/c1-8-14-24(20(25)27-22(5,6)7)15-16-11-12-18(26-21(2,3)4)19-17(16)10-9-13-23-19/h1,9-13H,14-15H2,2-7H3. The third-order valence-corrected chi connectivity index (χ3v) is 3.53. The Hall–Kier alpha value is -2.74. The molecule has 0 unspecified atom stereocenters. The average Bonchev–Trinajstić information content (AvgIpc) is 2.53. The molecule has 1 heterocycles. The Kier molecular flexibility index (Phi) is 6.00. The molecule has 27 heavy (non-hydrogen) atoms. The van der Waals surface area contributed by atoms with Gasteiger partial charge in [0.2, 0.25) is 0 Å². The fraction of sp³-hybridized carbons (Fsp3) is 0.455. The first-order chi connectivity index (χ1) is 12.5. The predicted molar refractivity (Wildman–Crippen MR) is 108 cm³/mol. The normalized spacial score (nSPS) is 11.7. The molecular formula is C22H28N2O3. The van der Waals surface area contributed by atoms with Crippen molar-refractivity contribution < 1.29 is 14.3 Å². The lowest BCUT2D eigenvalue weighted by atomic mass is 10.1. The van der Waals surface area contributed by atoms with Gasteiger partial charge < -0.3 is 9.47 Å². The van der Waals surface area contributed by atoms with Crippen molar-refractivity contribution in [1.29, 1.82) is 0 Å². The highest BCUT2D eigenvalue weighted by Crippen LogP contribution is 2.30. The molecule has 0 saturated heterocycles. The zero-order chi connectivity index (χ0) is 20.2. The van der Waals surface area contributed by atoms with Crippen LogP contribution in [0.2, 0.25) is 0 Å². The zero-order valence-corrected chi connectivity index (χ0v) is 17.0. The lowest BCUT2D eigenvalue weighted by Crippen LogP contribution is -2.36. The van der Waals surface area contributed by atoms with Crippen LogP contribution in [-0.4, -0.2) is 33.7 Å². The van der Waals surface area contributed by atoms with Gasteiger partial charge in [0.25, 0.3) is 0 Å². The first kappa shape index (κ1) is 20.6. The fourth-order valence-corrected chi connectivity index (χ4v) is 2.58. The fourth-order valence-electron chi connectivity index (χ4n) is 2.58. The van der Waals surface area contributed by atoms with Gasteiger partial charge in [-0.05, 0) is 59.2 Å². The van der Waals surface area contributed by atoms with Crippen molar-refractivity contribution in [1.82, 2.24) is 9.88 Å². The largest absolute Gasteiger partial charge is 0.486 e. The number of hydrogen-bond donors (Lipinski definition) is 0. The summed E-state index contributed by atoms with van der Waals surface area (Å²) in [6.45, 7) is 12.0. The van der Waals surface area contributed by atoms with Crippen LogP contribution >= 0.6 is 0 Å². The Morgan fingerprint density at radius 2 is 1.85 bits per heavy atom. The van der Waals surface area contributed by atoms with Crippen molar-refractivity contribution >= 4 is 17.0 Å². The Balaban J connectivity index is 2.39. The van der Waals surface area contributed by atoms with Crippen LogP contribution in [-0.2, 0) is 11.3 Å². The molecule has 0 radical (unpaired) electrons. The number of pyridine rings is 1. The first-order valence-electron chi connectivity index (χ1n) is 8.97. The molecule has 5 nitrogen and oxygen atoms in total. The molecule has 0 spiro atoms. The van der Waals surface area contributed by atoms with E-state index in [9.17, 15) is 4.79 Å². The van der Waals surface area contributed by atoms with E-state index in [0.717, 1.165) is 16.5 Å². The van der Waals surface area contributed by atoms with Crippen molar-refractivity contribution in [3.05, 3.63) is 36.0 Å². The van der Waals surface area contributed by atoms with E-state index in [0.29, 0.717) is 12.3 Å². The summed E-state index contributed by atoms with van der Waals surface area (Å²) in [6, 6.07) is 7.67.